The lowest BCUT2D eigenvalue weighted by Gasteiger charge is -2.11. The topological polar surface area (TPSA) is 66.5 Å². The first-order valence-corrected chi connectivity index (χ1v) is 4.39. The van der Waals surface area contributed by atoms with Crippen LogP contribution in [-0.4, -0.2) is 36.2 Å². The van der Waals surface area contributed by atoms with Gasteiger partial charge in [0.05, 0.1) is 0 Å². The highest BCUT2D eigenvalue weighted by molar-refractivity contribution is 6.14. The van der Waals surface area contributed by atoms with Gasteiger partial charge in [-0.05, 0) is 0 Å². The van der Waals surface area contributed by atoms with Crippen LogP contribution < -0.4 is 5.32 Å². The smallest absolute Gasteiger partial charge is 0.254 e. The molecule has 0 aromatic rings. The zero-order chi connectivity index (χ0) is 11.1. The third kappa shape index (κ3) is 3.01. The molecular formula is C9H14N2O3. The number of likely N-dealkylation sites (N-methyl/N-ethyl adjacent to an activating group) is 1. The fraction of sp³-hybridized carbons (Fsp3) is 0.444. The van der Waals surface area contributed by atoms with E-state index in [9.17, 15) is 14.4 Å². The van der Waals surface area contributed by atoms with Crippen molar-refractivity contribution in [2.24, 2.45) is 0 Å². The molecule has 0 saturated heterocycles. The fourth-order valence-electron chi connectivity index (χ4n) is 0.810. The number of carbonyl (C=O) groups is 3. The second-order valence-corrected chi connectivity index (χ2v) is 2.27. The highest BCUT2D eigenvalue weighted by Gasteiger charge is 2.24. The number of amides is 3. The summed E-state index contributed by atoms with van der Waals surface area (Å²) in [4.78, 5) is 33.4. The van der Waals surface area contributed by atoms with Crippen molar-refractivity contribution in [2.75, 3.05) is 13.6 Å². The Morgan fingerprint density at radius 1 is 1.29 bits per heavy atom. The lowest BCUT2D eigenvalue weighted by Crippen LogP contribution is -2.39. The van der Waals surface area contributed by atoms with Crippen molar-refractivity contribution in [2.45, 2.75) is 13.8 Å². The number of hydrogen-bond acceptors (Lipinski definition) is 3. The van der Waals surface area contributed by atoms with Gasteiger partial charge in [0.15, 0.2) is 0 Å². The summed E-state index contributed by atoms with van der Waals surface area (Å²) in [7, 11) is 1.45. The van der Waals surface area contributed by atoms with Crippen molar-refractivity contribution in [1.82, 2.24) is 10.2 Å². The summed E-state index contributed by atoms with van der Waals surface area (Å²) in [5.41, 5.74) is 0. The van der Waals surface area contributed by atoms with Crippen LogP contribution in [-0.2, 0) is 14.4 Å². The third-order valence-corrected chi connectivity index (χ3v) is 1.48. The van der Waals surface area contributed by atoms with Crippen LogP contribution in [0.1, 0.15) is 13.8 Å². The SMILES string of the molecule is CC.CNC(=O)CN1C(=O)C=CC1=O. The number of rotatable bonds is 2. The van der Waals surface area contributed by atoms with Gasteiger partial charge in [-0.2, -0.15) is 0 Å². The number of hydrogen-bond donors (Lipinski definition) is 1. The maximum absolute atomic E-state index is 10.9. The van der Waals surface area contributed by atoms with Gasteiger partial charge in [-0.15, -0.1) is 0 Å². The van der Waals surface area contributed by atoms with Crippen LogP contribution in [0.5, 0.6) is 0 Å². The lowest BCUT2D eigenvalue weighted by atomic mass is 10.5. The van der Waals surface area contributed by atoms with Crippen molar-refractivity contribution < 1.29 is 14.4 Å². The first kappa shape index (κ1) is 12.3. The molecule has 78 valence electrons. The van der Waals surface area contributed by atoms with Crippen LogP contribution in [0.15, 0.2) is 12.2 Å². The molecule has 1 rings (SSSR count). The Morgan fingerprint density at radius 2 is 1.71 bits per heavy atom. The number of nitrogens with one attached hydrogen (secondary N) is 1. The lowest BCUT2D eigenvalue weighted by molar-refractivity contribution is -0.140. The molecule has 0 aromatic carbocycles. The third-order valence-electron chi connectivity index (χ3n) is 1.48. The van der Waals surface area contributed by atoms with Crippen molar-refractivity contribution in [1.29, 1.82) is 0 Å². The normalized spacial score (nSPS) is 13.8. The molecule has 0 atom stereocenters. The molecule has 1 N–H and O–H groups in total. The van der Waals surface area contributed by atoms with E-state index in [0.29, 0.717) is 0 Å². The van der Waals surface area contributed by atoms with Gasteiger partial charge in [-0.1, -0.05) is 13.8 Å². The molecule has 14 heavy (non-hydrogen) atoms. The standard InChI is InChI=1S/C7H8N2O3.C2H6/c1-8-5(10)4-9-6(11)2-3-7(9)12;1-2/h2-3H,4H2,1H3,(H,8,10);1-2H3. The van der Waals surface area contributed by atoms with E-state index in [1.54, 1.807) is 0 Å². The van der Waals surface area contributed by atoms with Crippen LogP contribution >= 0.6 is 0 Å². The quantitative estimate of drug-likeness (QED) is 0.618. The van der Waals surface area contributed by atoms with Crippen LogP contribution in [0.2, 0.25) is 0 Å². The summed E-state index contributed by atoms with van der Waals surface area (Å²) < 4.78 is 0. The highest BCUT2D eigenvalue weighted by Crippen LogP contribution is 2.01. The van der Waals surface area contributed by atoms with Crippen molar-refractivity contribution in [3.8, 4) is 0 Å². The maximum Gasteiger partial charge on any atom is 0.254 e. The van der Waals surface area contributed by atoms with E-state index in [1.807, 2.05) is 13.8 Å². The van der Waals surface area contributed by atoms with Crippen LogP contribution in [0.25, 0.3) is 0 Å². The minimum absolute atomic E-state index is 0.207. The monoisotopic (exact) mass is 198 g/mol. The van der Waals surface area contributed by atoms with Crippen molar-refractivity contribution in [3.05, 3.63) is 12.2 Å². The first-order chi connectivity index (χ1) is 6.65. The van der Waals surface area contributed by atoms with Crippen LogP contribution in [0.3, 0.4) is 0 Å². The Hall–Kier alpha value is -1.65. The fourth-order valence-corrected chi connectivity index (χ4v) is 0.810. The minimum atomic E-state index is -0.441. The molecular weight excluding hydrogens is 184 g/mol. The number of imide groups is 1. The Labute approximate surface area is 82.8 Å². The van der Waals surface area contributed by atoms with E-state index in [4.69, 9.17) is 0 Å². The van der Waals surface area contributed by atoms with Crippen molar-refractivity contribution in [3.63, 3.8) is 0 Å². The summed E-state index contributed by atoms with van der Waals surface area (Å²) >= 11 is 0. The zero-order valence-electron chi connectivity index (χ0n) is 8.53. The largest absolute Gasteiger partial charge is 0.358 e. The molecule has 5 heteroatoms. The predicted molar refractivity (Wildman–Crippen MR) is 51.3 cm³/mol. The zero-order valence-corrected chi connectivity index (χ0v) is 8.53. The first-order valence-electron chi connectivity index (χ1n) is 4.39. The summed E-state index contributed by atoms with van der Waals surface area (Å²) in [6, 6.07) is 0. The molecule has 0 aliphatic carbocycles. The Bertz CT molecular complexity index is 253. The molecule has 1 aliphatic heterocycles. The van der Waals surface area contributed by atoms with E-state index < -0.39 is 11.8 Å². The second-order valence-electron chi connectivity index (χ2n) is 2.27. The van der Waals surface area contributed by atoms with Gasteiger partial charge in [-0.3, -0.25) is 19.3 Å². The summed E-state index contributed by atoms with van der Waals surface area (Å²) in [6.45, 7) is 3.79. The molecule has 3 amide bonds. The number of carbonyl (C=O) groups excluding carboxylic acids is 3. The van der Waals surface area contributed by atoms with Crippen LogP contribution in [0.4, 0.5) is 0 Å². The molecule has 1 heterocycles. The molecule has 0 aromatic heterocycles. The molecule has 1 aliphatic rings. The molecule has 0 spiro atoms. The molecule has 0 unspecified atom stereocenters. The van der Waals surface area contributed by atoms with Gasteiger partial charge in [0.1, 0.15) is 6.54 Å². The van der Waals surface area contributed by atoms with Gasteiger partial charge in [0, 0.05) is 19.2 Å². The summed E-state index contributed by atoms with van der Waals surface area (Å²) in [5, 5.41) is 2.32. The van der Waals surface area contributed by atoms with Gasteiger partial charge in [0.2, 0.25) is 5.91 Å². The average molecular weight is 198 g/mol. The predicted octanol–water partition coefficient (Wildman–Crippen LogP) is -0.316. The second kappa shape index (κ2) is 5.90. The minimum Gasteiger partial charge on any atom is -0.358 e. The van der Waals surface area contributed by atoms with Gasteiger partial charge >= 0.3 is 0 Å². The summed E-state index contributed by atoms with van der Waals surface area (Å²) in [6.07, 6.45) is 2.29. The molecule has 0 bridgehead atoms. The van der Waals surface area contributed by atoms with Crippen LogP contribution in [0, 0.1) is 0 Å². The molecule has 5 nitrogen and oxygen atoms in total. The van der Waals surface area contributed by atoms with E-state index in [1.165, 1.54) is 7.05 Å². The van der Waals surface area contributed by atoms with E-state index in [2.05, 4.69) is 5.32 Å². The van der Waals surface area contributed by atoms with E-state index in [0.717, 1.165) is 17.1 Å². The molecule has 0 saturated carbocycles. The van der Waals surface area contributed by atoms with E-state index in [-0.39, 0.29) is 12.5 Å². The Balaban J connectivity index is 0.000000791. The van der Waals surface area contributed by atoms with Gasteiger partial charge < -0.3 is 5.32 Å². The maximum atomic E-state index is 10.9. The average Bonchev–Trinajstić information content (AvgIpc) is 2.52. The van der Waals surface area contributed by atoms with E-state index >= 15 is 0 Å². The number of nitrogens with zero attached hydrogens (tertiary/aromatic N) is 1. The van der Waals surface area contributed by atoms with Gasteiger partial charge in [0.25, 0.3) is 11.8 Å². The van der Waals surface area contributed by atoms with Gasteiger partial charge in [-0.25, -0.2) is 0 Å². The van der Waals surface area contributed by atoms with Crippen molar-refractivity contribution >= 4 is 17.7 Å². The molecule has 0 radical (unpaired) electrons. The Kier molecular flexibility index (Phi) is 5.21. The Morgan fingerprint density at radius 3 is 2.07 bits per heavy atom. The molecule has 0 fully saturated rings. The summed E-state index contributed by atoms with van der Waals surface area (Å²) in [5.74, 6) is -1.24. The highest BCUT2D eigenvalue weighted by atomic mass is 16.2.